The van der Waals surface area contributed by atoms with E-state index in [1.807, 2.05) is 12.4 Å². The highest BCUT2D eigenvalue weighted by molar-refractivity contribution is 5.85. The lowest BCUT2D eigenvalue weighted by Gasteiger charge is -2.32. The second-order valence-corrected chi connectivity index (χ2v) is 5.78. The van der Waals surface area contributed by atoms with E-state index in [4.69, 9.17) is 4.74 Å². The molecule has 114 valence electrons. The van der Waals surface area contributed by atoms with Gasteiger partial charge in [-0.2, -0.15) is 0 Å². The Bertz CT molecular complexity index is 383. The predicted molar refractivity (Wildman–Crippen MR) is 85.9 cm³/mol. The smallest absolute Gasteiger partial charge is 0.0584 e. The van der Waals surface area contributed by atoms with Crippen LogP contribution < -0.4 is 5.32 Å². The van der Waals surface area contributed by atoms with Crippen molar-refractivity contribution in [1.82, 2.24) is 10.3 Å². The van der Waals surface area contributed by atoms with Crippen molar-refractivity contribution in [3.8, 4) is 0 Å². The van der Waals surface area contributed by atoms with Crippen LogP contribution in [-0.4, -0.2) is 30.8 Å². The summed E-state index contributed by atoms with van der Waals surface area (Å²) in [7, 11) is 0. The molecule has 20 heavy (non-hydrogen) atoms. The summed E-state index contributed by atoms with van der Waals surface area (Å²) in [6.07, 6.45) is 10.3. The molecule has 0 bridgehead atoms. The van der Waals surface area contributed by atoms with Crippen molar-refractivity contribution in [2.24, 2.45) is 5.41 Å². The number of piperidine rings is 1. The van der Waals surface area contributed by atoms with Crippen molar-refractivity contribution in [3.05, 3.63) is 30.1 Å². The Morgan fingerprint density at radius 3 is 2.60 bits per heavy atom. The second-order valence-electron chi connectivity index (χ2n) is 5.78. The van der Waals surface area contributed by atoms with Crippen LogP contribution in [0.5, 0.6) is 0 Å². The lowest BCUT2D eigenvalue weighted by Crippen LogP contribution is -2.37. The number of pyridine rings is 1. The van der Waals surface area contributed by atoms with E-state index >= 15 is 0 Å². The molecule has 2 aliphatic rings. The molecule has 5 heteroatoms. The quantitative estimate of drug-likeness (QED) is 0.930. The molecular formula is C15H24Cl2N2O. The normalized spacial score (nSPS) is 23.9. The van der Waals surface area contributed by atoms with Gasteiger partial charge in [0.15, 0.2) is 0 Å². The SMILES string of the molecule is Cl.Cl.c1cc(CCC2CC3(CCNCC3)CO2)ccn1. The molecule has 0 amide bonds. The van der Waals surface area contributed by atoms with Crippen LogP contribution in [0.4, 0.5) is 0 Å². The van der Waals surface area contributed by atoms with E-state index in [0.29, 0.717) is 11.5 Å². The number of ether oxygens (including phenoxy) is 1. The van der Waals surface area contributed by atoms with Gasteiger partial charge in [0.2, 0.25) is 0 Å². The van der Waals surface area contributed by atoms with Gasteiger partial charge in [0, 0.05) is 12.4 Å². The first kappa shape index (κ1) is 17.7. The molecule has 1 unspecified atom stereocenters. The van der Waals surface area contributed by atoms with Crippen molar-refractivity contribution in [1.29, 1.82) is 0 Å². The lowest BCUT2D eigenvalue weighted by molar-refractivity contribution is 0.0824. The van der Waals surface area contributed by atoms with Gasteiger partial charge >= 0.3 is 0 Å². The summed E-state index contributed by atoms with van der Waals surface area (Å²) >= 11 is 0. The van der Waals surface area contributed by atoms with E-state index in [2.05, 4.69) is 22.4 Å². The maximum atomic E-state index is 6.02. The highest BCUT2D eigenvalue weighted by Gasteiger charge is 2.40. The minimum Gasteiger partial charge on any atom is -0.378 e. The summed E-state index contributed by atoms with van der Waals surface area (Å²) in [5.74, 6) is 0. The van der Waals surface area contributed by atoms with Crippen LogP contribution in [-0.2, 0) is 11.2 Å². The van der Waals surface area contributed by atoms with Crippen LogP contribution in [0.3, 0.4) is 0 Å². The first-order valence-electron chi connectivity index (χ1n) is 7.08. The summed E-state index contributed by atoms with van der Waals surface area (Å²) in [5, 5.41) is 3.45. The molecule has 2 fully saturated rings. The Morgan fingerprint density at radius 2 is 1.90 bits per heavy atom. The number of rotatable bonds is 3. The Balaban J connectivity index is 0.000001000. The van der Waals surface area contributed by atoms with E-state index in [0.717, 1.165) is 19.4 Å². The second kappa shape index (κ2) is 8.18. The molecule has 0 aliphatic carbocycles. The number of nitrogens with one attached hydrogen (secondary N) is 1. The van der Waals surface area contributed by atoms with E-state index in [1.165, 1.54) is 37.9 Å². The molecule has 2 saturated heterocycles. The summed E-state index contributed by atoms with van der Waals surface area (Å²) in [4.78, 5) is 4.06. The number of aryl methyl sites for hydroxylation is 1. The van der Waals surface area contributed by atoms with Crippen LogP contribution in [0.1, 0.15) is 31.2 Å². The Labute approximate surface area is 133 Å². The molecular weight excluding hydrogens is 295 g/mol. The van der Waals surface area contributed by atoms with Crippen LogP contribution >= 0.6 is 24.8 Å². The van der Waals surface area contributed by atoms with Crippen molar-refractivity contribution >= 4 is 24.8 Å². The van der Waals surface area contributed by atoms with Crippen molar-refractivity contribution in [2.75, 3.05) is 19.7 Å². The summed E-state index contributed by atoms with van der Waals surface area (Å²) < 4.78 is 6.02. The van der Waals surface area contributed by atoms with Gasteiger partial charge in [-0.1, -0.05) is 0 Å². The summed E-state index contributed by atoms with van der Waals surface area (Å²) in [5.41, 5.74) is 1.87. The molecule has 1 spiro atoms. The minimum atomic E-state index is 0. The van der Waals surface area contributed by atoms with E-state index < -0.39 is 0 Å². The molecule has 1 N–H and O–H groups in total. The maximum absolute atomic E-state index is 6.02. The monoisotopic (exact) mass is 318 g/mol. The van der Waals surface area contributed by atoms with Gasteiger partial charge in [0.1, 0.15) is 0 Å². The third-order valence-corrected chi connectivity index (χ3v) is 4.45. The maximum Gasteiger partial charge on any atom is 0.0584 e. The molecule has 1 aromatic heterocycles. The summed E-state index contributed by atoms with van der Waals surface area (Å²) in [6.45, 7) is 3.32. The molecule has 1 atom stereocenters. The fourth-order valence-corrected chi connectivity index (χ4v) is 3.26. The van der Waals surface area contributed by atoms with Gasteiger partial charge in [-0.15, -0.1) is 24.8 Å². The van der Waals surface area contributed by atoms with Gasteiger partial charge in [-0.05, 0) is 68.3 Å². The van der Waals surface area contributed by atoms with E-state index in [-0.39, 0.29) is 24.8 Å². The Morgan fingerprint density at radius 1 is 1.20 bits per heavy atom. The Hall–Kier alpha value is -0.350. The van der Waals surface area contributed by atoms with Crippen LogP contribution in [0.2, 0.25) is 0 Å². The van der Waals surface area contributed by atoms with Crippen molar-refractivity contribution < 1.29 is 4.74 Å². The van der Waals surface area contributed by atoms with Gasteiger partial charge < -0.3 is 10.1 Å². The molecule has 2 aliphatic heterocycles. The predicted octanol–water partition coefficient (Wildman–Crippen LogP) is 3.02. The summed E-state index contributed by atoms with van der Waals surface area (Å²) in [6, 6.07) is 4.21. The standard InChI is InChI=1S/C15H22N2O.2ClH/c1(13-3-7-16-8-4-13)2-14-11-15(12-18-14)5-9-17-10-6-15;;/h3-4,7-8,14,17H,1-2,5-6,9-12H2;2*1H. The zero-order chi connectivity index (χ0) is 12.3. The molecule has 0 radical (unpaired) electrons. The average molecular weight is 319 g/mol. The Kier molecular flexibility index (Phi) is 7.24. The number of aromatic nitrogens is 1. The average Bonchev–Trinajstić information content (AvgIpc) is 2.82. The molecule has 1 aromatic rings. The van der Waals surface area contributed by atoms with Gasteiger partial charge in [-0.25, -0.2) is 0 Å². The van der Waals surface area contributed by atoms with Crippen molar-refractivity contribution in [2.45, 2.75) is 38.2 Å². The zero-order valence-electron chi connectivity index (χ0n) is 11.7. The fourth-order valence-electron chi connectivity index (χ4n) is 3.26. The highest BCUT2D eigenvalue weighted by atomic mass is 35.5. The number of nitrogens with zero attached hydrogens (tertiary/aromatic N) is 1. The largest absolute Gasteiger partial charge is 0.378 e. The van der Waals surface area contributed by atoms with Crippen LogP contribution in [0, 0.1) is 5.41 Å². The fraction of sp³-hybridized carbons (Fsp3) is 0.667. The van der Waals surface area contributed by atoms with Crippen molar-refractivity contribution in [3.63, 3.8) is 0 Å². The third-order valence-electron chi connectivity index (χ3n) is 4.45. The zero-order valence-corrected chi connectivity index (χ0v) is 13.3. The highest BCUT2D eigenvalue weighted by Crippen LogP contribution is 2.41. The van der Waals surface area contributed by atoms with Crippen LogP contribution in [0.15, 0.2) is 24.5 Å². The van der Waals surface area contributed by atoms with Crippen LogP contribution in [0.25, 0.3) is 0 Å². The first-order chi connectivity index (χ1) is 8.86. The molecule has 0 aromatic carbocycles. The third kappa shape index (κ3) is 4.32. The molecule has 0 saturated carbocycles. The van der Waals surface area contributed by atoms with Gasteiger partial charge in [0.25, 0.3) is 0 Å². The topological polar surface area (TPSA) is 34.1 Å². The lowest BCUT2D eigenvalue weighted by atomic mass is 9.77. The number of hydrogen-bond donors (Lipinski definition) is 1. The van der Waals surface area contributed by atoms with E-state index in [9.17, 15) is 0 Å². The van der Waals surface area contributed by atoms with Gasteiger partial charge in [0.05, 0.1) is 12.7 Å². The van der Waals surface area contributed by atoms with Gasteiger partial charge in [-0.3, -0.25) is 4.98 Å². The minimum absolute atomic E-state index is 0. The number of halogens is 2. The molecule has 3 rings (SSSR count). The molecule has 3 heterocycles. The van der Waals surface area contributed by atoms with E-state index in [1.54, 1.807) is 0 Å². The first-order valence-corrected chi connectivity index (χ1v) is 7.08. The number of hydrogen-bond acceptors (Lipinski definition) is 3. The molecule has 3 nitrogen and oxygen atoms in total.